The lowest BCUT2D eigenvalue weighted by atomic mass is 10.1. The van der Waals surface area contributed by atoms with Crippen molar-refractivity contribution in [3.63, 3.8) is 0 Å². The van der Waals surface area contributed by atoms with Crippen molar-refractivity contribution in [2.45, 2.75) is 13.8 Å². The smallest absolute Gasteiger partial charge is 0.251 e. The number of para-hydroxylation sites is 1. The van der Waals surface area contributed by atoms with Crippen molar-refractivity contribution >= 4 is 29.1 Å². The molecule has 136 valence electrons. The number of benzene rings is 2. The van der Waals surface area contributed by atoms with Gasteiger partial charge >= 0.3 is 0 Å². The minimum atomic E-state index is -0.303. The second-order valence-electron chi connectivity index (χ2n) is 5.54. The molecule has 2 rings (SSSR count). The molecule has 0 heterocycles. The summed E-state index contributed by atoms with van der Waals surface area (Å²) in [6, 6.07) is 14.0. The third kappa shape index (κ3) is 5.94. The van der Waals surface area contributed by atoms with Gasteiger partial charge in [0.1, 0.15) is 12.4 Å². The van der Waals surface area contributed by atoms with Gasteiger partial charge in [0, 0.05) is 19.4 Å². The molecule has 0 aliphatic rings. The second-order valence-corrected chi connectivity index (χ2v) is 5.54. The van der Waals surface area contributed by atoms with Crippen LogP contribution in [0.2, 0.25) is 0 Å². The van der Waals surface area contributed by atoms with E-state index in [1.54, 1.807) is 12.1 Å². The highest BCUT2D eigenvalue weighted by Gasteiger charge is 2.11. The Hall–Kier alpha value is -3.35. The summed E-state index contributed by atoms with van der Waals surface area (Å²) in [5, 5.41) is 7.96. The fourth-order valence-electron chi connectivity index (χ4n) is 2.23. The van der Waals surface area contributed by atoms with Crippen LogP contribution in [0.15, 0.2) is 48.5 Å². The zero-order chi connectivity index (χ0) is 18.9. The Bertz CT molecular complexity index is 791. The van der Waals surface area contributed by atoms with Gasteiger partial charge in [-0.1, -0.05) is 18.2 Å². The Morgan fingerprint density at radius 3 is 2.19 bits per heavy atom. The van der Waals surface area contributed by atoms with Crippen LogP contribution in [0.25, 0.3) is 0 Å². The zero-order valence-electron chi connectivity index (χ0n) is 14.7. The van der Waals surface area contributed by atoms with Gasteiger partial charge in [-0.25, -0.2) is 0 Å². The van der Waals surface area contributed by atoms with Gasteiger partial charge in [-0.15, -0.1) is 0 Å². The van der Waals surface area contributed by atoms with Crippen LogP contribution in [0.1, 0.15) is 24.2 Å². The van der Waals surface area contributed by atoms with Crippen LogP contribution in [0.3, 0.4) is 0 Å². The molecule has 0 saturated heterocycles. The lowest BCUT2D eigenvalue weighted by Gasteiger charge is -2.13. The first kappa shape index (κ1) is 19.0. The summed E-state index contributed by atoms with van der Waals surface area (Å²) in [6.07, 6.45) is 0. The van der Waals surface area contributed by atoms with Gasteiger partial charge in [0.2, 0.25) is 11.8 Å². The van der Waals surface area contributed by atoms with Gasteiger partial charge in [0.05, 0.1) is 17.9 Å². The normalized spacial score (nSPS) is 9.92. The minimum Gasteiger partial charge on any atom is -0.492 e. The van der Waals surface area contributed by atoms with E-state index in [9.17, 15) is 14.4 Å². The van der Waals surface area contributed by atoms with Crippen molar-refractivity contribution in [3.05, 3.63) is 54.1 Å². The highest BCUT2D eigenvalue weighted by molar-refractivity contribution is 6.02. The van der Waals surface area contributed by atoms with E-state index in [1.807, 2.05) is 30.3 Å². The van der Waals surface area contributed by atoms with E-state index in [-0.39, 0.29) is 17.7 Å². The molecule has 3 amide bonds. The Morgan fingerprint density at radius 1 is 0.885 bits per heavy atom. The summed E-state index contributed by atoms with van der Waals surface area (Å²) < 4.78 is 5.51. The molecule has 0 aliphatic heterocycles. The van der Waals surface area contributed by atoms with Gasteiger partial charge in [-0.3, -0.25) is 14.4 Å². The molecular formula is C19H21N3O4. The number of hydrogen-bond acceptors (Lipinski definition) is 4. The third-order valence-corrected chi connectivity index (χ3v) is 3.30. The van der Waals surface area contributed by atoms with Crippen molar-refractivity contribution in [1.29, 1.82) is 0 Å². The van der Waals surface area contributed by atoms with Crippen LogP contribution >= 0.6 is 0 Å². The van der Waals surface area contributed by atoms with Gasteiger partial charge in [0.25, 0.3) is 5.91 Å². The maximum atomic E-state index is 12.3. The molecule has 0 saturated carbocycles. The summed E-state index contributed by atoms with van der Waals surface area (Å²) in [5.41, 5.74) is 1.15. The number of anilines is 2. The average molecular weight is 355 g/mol. The molecule has 0 atom stereocenters. The summed E-state index contributed by atoms with van der Waals surface area (Å²) in [7, 11) is 0. The summed E-state index contributed by atoms with van der Waals surface area (Å²) in [5.74, 6) is -0.144. The SMILES string of the molecule is CC(=O)Nc1ccc(C(=O)NCCOc2ccccc2)cc1NC(C)=O. The molecule has 0 aromatic heterocycles. The molecule has 0 bridgehead atoms. The first-order valence-corrected chi connectivity index (χ1v) is 8.11. The molecule has 26 heavy (non-hydrogen) atoms. The van der Waals surface area contributed by atoms with Crippen LogP contribution in [0, 0.1) is 0 Å². The topological polar surface area (TPSA) is 96.5 Å². The molecule has 3 N–H and O–H groups in total. The monoisotopic (exact) mass is 355 g/mol. The van der Waals surface area contributed by atoms with E-state index in [0.717, 1.165) is 5.75 Å². The van der Waals surface area contributed by atoms with E-state index in [1.165, 1.54) is 19.9 Å². The molecule has 0 radical (unpaired) electrons. The Morgan fingerprint density at radius 2 is 1.54 bits per heavy atom. The van der Waals surface area contributed by atoms with E-state index in [0.29, 0.717) is 30.1 Å². The number of carbonyl (C=O) groups is 3. The number of nitrogens with one attached hydrogen (secondary N) is 3. The van der Waals surface area contributed by atoms with Crippen LogP contribution in [0.4, 0.5) is 11.4 Å². The van der Waals surface area contributed by atoms with Crippen LogP contribution in [0.5, 0.6) is 5.75 Å². The van der Waals surface area contributed by atoms with Gasteiger partial charge < -0.3 is 20.7 Å². The van der Waals surface area contributed by atoms with E-state index < -0.39 is 0 Å². The first-order chi connectivity index (χ1) is 12.5. The number of amides is 3. The number of rotatable bonds is 7. The van der Waals surface area contributed by atoms with E-state index >= 15 is 0 Å². The summed E-state index contributed by atoms with van der Waals surface area (Å²) in [6.45, 7) is 3.38. The summed E-state index contributed by atoms with van der Waals surface area (Å²) >= 11 is 0. The van der Waals surface area contributed by atoms with Crippen molar-refractivity contribution in [3.8, 4) is 5.75 Å². The van der Waals surface area contributed by atoms with Crippen LogP contribution < -0.4 is 20.7 Å². The average Bonchev–Trinajstić information content (AvgIpc) is 2.60. The second kappa shape index (κ2) is 9.22. The Labute approximate surface area is 151 Å². The van der Waals surface area contributed by atoms with Crippen molar-refractivity contribution in [2.24, 2.45) is 0 Å². The number of carbonyl (C=O) groups excluding carboxylic acids is 3. The van der Waals surface area contributed by atoms with Crippen LogP contribution in [-0.4, -0.2) is 30.9 Å². The van der Waals surface area contributed by atoms with Crippen LogP contribution in [-0.2, 0) is 9.59 Å². The Balaban J connectivity index is 1.96. The Kier molecular flexibility index (Phi) is 6.73. The molecule has 0 fully saturated rings. The molecular weight excluding hydrogens is 334 g/mol. The molecule has 2 aromatic rings. The molecule has 0 aliphatic carbocycles. The van der Waals surface area contributed by atoms with Crippen molar-refractivity contribution in [1.82, 2.24) is 5.32 Å². The first-order valence-electron chi connectivity index (χ1n) is 8.11. The number of hydrogen-bond donors (Lipinski definition) is 3. The lowest BCUT2D eigenvalue weighted by molar-refractivity contribution is -0.115. The largest absolute Gasteiger partial charge is 0.492 e. The van der Waals surface area contributed by atoms with Gasteiger partial charge in [-0.05, 0) is 30.3 Å². The molecule has 0 spiro atoms. The minimum absolute atomic E-state index is 0.271. The predicted octanol–water partition coefficient (Wildman–Crippen LogP) is 2.41. The fraction of sp³-hybridized carbons (Fsp3) is 0.211. The fourth-order valence-corrected chi connectivity index (χ4v) is 2.23. The molecule has 0 unspecified atom stereocenters. The highest BCUT2D eigenvalue weighted by atomic mass is 16.5. The summed E-state index contributed by atoms with van der Waals surface area (Å²) in [4.78, 5) is 34.8. The quantitative estimate of drug-likeness (QED) is 0.665. The maximum Gasteiger partial charge on any atom is 0.251 e. The lowest BCUT2D eigenvalue weighted by Crippen LogP contribution is -2.28. The third-order valence-electron chi connectivity index (χ3n) is 3.30. The standard InChI is InChI=1S/C19H21N3O4/c1-13(23)21-17-9-8-15(12-18(17)22-14(2)24)19(25)20-10-11-26-16-6-4-3-5-7-16/h3-9,12H,10-11H2,1-2H3,(H,20,25)(H,21,23)(H,22,24). The van der Waals surface area contributed by atoms with E-state index in [4.69, 9.17) is 4.74 Å². The predicted molar refractivity (Wildman–Crippen MR) is 99.3 cm³/mol. The maximum absolute atomic E-state index is 12.3. The number of ether oxygens (including phenoxy) is 1. The van der Waals surface area contributed by atoms with E-state index in [2.05, 4.69) is 16.0 Å². The van der Waals surface area contributed by atoms with Crippen molar-refractivity contribution < 1.29 is 19.1 Å². The molecule has 7 heteroatoms. The molecule has 7 nitrogen and oxygen atoms in total. The highest BCUT2D eigenvalue weighted by Crippen LogP contribution is 2.23. The van der Waals surface area contributed by atoms with Gasteiger partial charge in [-0.2, -0.15) is 0 Å². The van der Waals surface area contributed by atoms with Gasteiger partial charge in [0.15, 0.2) is 0 Å². The molecule has 2 aromatic carbocycles. The zero-order valence-corrected chi connectivity index (χ0v) is 14.7. The van der Waals surface area contributed by atoms with Crippen molar-refractivity contribution in [2.75, 3.05) is 23.8 Å².